The highest BCUT2D eigenvalue weighted by Crippen LogP contribution is 2.39. The van der Waals surface area contributed by atoms with Gasteiger partial charge in [-0.2, -0.15) is 4.37 Å². The average Bonchev–Trinajstić information content (AvgIpc) is 3.16. The number of hydrogen-bond acceptors (Lipinski definition) is 6. The van der Waals surface area contributed by atoms with Gasteiger partial charge in [-0.1, -0.05) is 0 Å². The van der Waals surface area contributed by atoms with Crippen molar-refractivity contribution in [1.29, 1.82) is 0 Å². The second-order valence-electron chi connectivity index (χ2n) is 5.33. The van der Waals surface area contributed by atoms with Crippen molar-refractivity contribution in [1.82, 2.24) is 14.3 Å². The molecule has 0 unspecified atom stereocenters. The molecule has 1 saturated carbocycles. The normalized spacial score (nSPS) is 14.0. The summed E-state index contributed by atoms with van der Waals surface area (Å²) in [5.74, 6) is 1.92. The monoisotopic (exact) mass is 303 g/mol. The van der Waals surface area contributed by atoms with Crippen LogP contribution in [0.2, 0.25) is 0 Å². The number of aryl methyl sites for hydroxylation is 1. The van der Waals surface area contributed by atoms with Crippen LogP contribution in [0, 0.1) is 6.92 Å². The molecule has 1 amide bonds. The fourth-order valence-electron chi connectivity index (χ4n) is 1.96. The van der Waals surface area contributed by atoms with Crippen molar-refractivity contribution in [2.75, 3.05) is 23.8 Å². The predicted octanol–water partition coefficient (Wildman–Crippen LogP) is 2.19. The smallest absolute Gasteiger partial charge is 0.245 e. The fourth-order valence-corrected chi connectivity index (χ4v) is 2.66. The van der Waals surface area contributed by atoms with Crippen LogP contribution in [-0.2, 0) is 4.79 Å². The van der Waals surface area contributed by atoms with Gasteiger partial charge in [0.1, 0.15) is 11.6 Å². The van der Waals surface area contributed by atoms with E-state index >= 15 is 0 Å². The zero-order chi connectivity index (χ0) is 14.8. The van der Waals surface area contributed by atoms with E-state index in [1.807, 2.05) is 31.0 Å². The molecule has 1 N–H and O–H groups in total. The van der Waals surface area contributed by atoms with E-state index in [9.17, 15) is 4.79 Å². The zero-order valence-corrected chi connectivity index (χ0v) is 12.9. The molecule has 0 aliphatic heterocycles. The van der Waals surface area contributed by atoms with Crippen LogP contribution < -0.4 is 10.2 Å². The maximum absolute atomic E-state index is 12.0. The summed E-state index contributed by atoms with van der Waals surface area (Å²) in [5, 5.41) is 3.57. The standard InChI is InChI=1S/C14H17N5OS/c1-9-5-6-15-11(7-9)16-12(20)8-19(2)14-17-13(18-21-14)10-3-4-10/h5-7,10H,3-4,8H2,1-2H3,(H,15,16,20). The van der Waals surface area contributed by atoms with E-state index in [0.717, 1.165) is 16.5 Å². The van der Waals surface area contributed by atoms with Gasteiger partial charge in [-0.25, -0.2) is 9.97 Å². The largest absolute Gasteiger partial charge is 0.341 e. The van der Waals surface area contributed by atoms with Crippen LogP contribution in [0.4, 0.5) is 10.9 Å². The van der Waals surface area contributed by atoms with E-state index in [1.165, 1.54) is 24.4 Å². The first-order valence-corrected chi connectivity index (χ1v) is 7.66. The summed E-state index contributed by atoms with van der Waals surface area (Å²) in [6, 6.07) is 3.73. The van der Waals surface area contributed by atoms with Gasteiger partial charge in [-0.15, -0.1) is 0 Å². The third-order valence-corrected chi connectivity index (χ3v) is 4.11. The fraction of sp³-hybridized carbons (Fsp3) is 0.429. The van der Waals surface area contributed by atoms with Gasteiger partial charge in [0.15, 0.2) is 0 Å². The minimum Gasteiger partial charge on any atom is -0.341 e. The van der Waals surface area contributed by atoms with E-state index in [4.69, 9.17) is 0 Å². The SMILES string of the molecule is Cc1ccnc(NC(=O)CN(C)c2nc(C3CC3)ns2)c1. The quantitative estimate of drug-likeness (QED) is 0.917. The van der Waals surface area contributed by atoms with Gasteiger partial charge in [-0.05, 0) is 37.5 Å². The van der Waals surface area contributed by atoms with Crippen LogP contribution in [0.3, 0.4) is 0 Å². The van der Waals surface area contributed by atoms with Gasteiger partial charge in [0.05, 0.1) is 6.54 Å². The molecule has 0 bridgehead atoms. The van der Waals surface area contributed by atoms with Gasteiger partial charge in [-0.3, -0.25) is 4.79 Å². The molecular weight excluding hydrogens is 286 g/mol. The van der Waals surface area contributed by atoms with Crippen molar-refractivity contribution in [3.05, 3.63) is 29.7 Å². The molecule has 1 fully saturated rings. The van der Waals surface area contributed by atoms with Crippen LogP contribution in [0.1, 0.15) is 30.1 Å². The van der Waals surface area contributed by atoms with Gasteiger partial charge in [0.25, 0.3) is 0 Å². The number of nitrogens with one attached hydrogen (secondary N) is 1. The van der Waals surface area contributed by atoms with Crippen LogP contribution in [-0.4, -0.2) is 33.8 Å². The molecule has 2 heterocycles. The van der Waals surface area contributed by atoms with Gasteiger partial charge < -0.3 is 10.2 Å². The van der Waals surface area contributed by atoms with Crippen LogP contribution in [0.15, 0.2) is 18.3 Å². The third-order valence-electron chi connectivity index (χ3n) is 3.26. The molecule has 2 aromatic heterocycles. The number of pyridine rings is 1. The Kier molecular flexibility index (Phi) is 3.83. The summed E-state index contributed by atoms with van der Waals surface area (Å²) in [6.45, 7) is 2.19. The average molecular weight is 303 g/mol. The lowest BCUT2D eigenvalue weighted by atomic mass is 10.3. The van der Waals surface area contributed by atoms with E-state index in [1.54, 1.807) is 6.20 Å². The second-order valence-corrected chi connectivity index (χ2v) is 6.06. The Morgan fingerprint density at radius 1 is 1.52 bits per heavy atom. The van der Waals surface area contributed by atoms with Crippen LogP contribution in [0.5, 0.6) is 0 Å². The highest BCUT2D eigenvalue weighted by Gasteiger charge is 2.28. The number of nitrogens with zero attached hydrogens (tertiary/aromatic N) is 4. The summed E-state index contributed by atoms with van der Waals surface area (Å²) in [6.07, 6.45) is 4.04. The molecule has 21 heavy (non-hydrogen) atoms. The lowest BCUT2D eigenvalue weighted by Crippen LogP contribution is -2.30. The first-order valence-electron chi connectivity index (χ1n) is 6.89. The summed E-state index contributed by atoms with van der Waals surface area (Å²) >= 11 is 1.35. The van der Waals surface area contributed by atoms with Gasteiger partial charge >= 0.3 is 0 Å². The summed E-state index contributed by atoms with van der Waals surface area (Å²) in [4.78, 5) is 22.4. The number of hydrogen-bond donors (Lipinski definition) is 1. The molecule has 0 radical (unpaired) electrons. The van der Waals surface area contributed by atoms with E-state index in [0.29, 0.717) is 11.7 Å². The number of amides is 1. The molecule has 7 heteroatoms. The summed E-state index contributed by atoms with van der Waals surface area (Å²) in [7, 11) is 1.85. The van der Waals surface area contributed by atoms with Crippen molar-refractivity contribution in [2.45, 2.75) is 25.7 Å². The minimum atomic E-state index is -0.112. The predicted molar refractivity (Wildman–Crippen MR) is 82.8 cm³/mol. The molecule has 6 nitrogen and oxygen atoms in total. The lowest BCUT2D eigenvalue weighted by Gasteiger charge is -2.14. The Balaban J connectivity index is 1.58. The van der Waals surface area contributed by atoms with Crippen molar-refractivity contribution in [3.8, 4) is 0 Å². The van der Waals surface area contributed by atoms with Gasteiger partial charge in [0, 0.05) is 30.7 Å². The van der Waals surface area contributed by atoms with Crippen LogP contribution in [0.25, 0.3) is 0 Å². The Bertz CT molecular complexity index is 652. The molecule has 0 spiro atoms. The Morgan fingerprint density at radius 3 is 3.05 bits per heavy atom. The van der Waals surface area contributed by atoms with Crippen LogP contribution >= 0.6 is 11.5 Å². The Labute approximate surface area is 127 Å². The maximum atomic E-state index is 12.0. The number of carbonyl (C=O) groups excluding carboxylic acids is 1. The lowest BCUT2D eigenvalue weighted by molar-refractivity contribution is -0.114. The molecule has 3 rings (SSSR count). The first-order chi connectivity index (χ1) is 10.1. The molecule has 1 aliphatic carbocycles. The van der Waals surface area contributed by atoms with E-state index < -0.39 is 0 Å². The van der Waals surface area contributed by atoms with E-state index in [-0.39, 0.29) is 12.5 Å². The zero-order valence-electron chi connectivity index (χ0n) is 12.0. The summed E-state index contributed by atoms with van der Waals surface area (Å²) in [5.41, 5.74) is 1.06. The van der Waals surface area contributed by atoms with Crippen molar-refractivity contribution < 1.29 is 4.79 Å². The Hall–Kier alpha value is -2.02. The molecule has 0 saturated heterocycles. The molecule has 2 aromatic rings. The second kappa shape index (κ2) is 5.77. The Morgan fingerprint density at radius 2 is 2.33 bits per heavy atom. The molecule has 1 aliphatic rings. The molecule has 0 atom stereocenters. The number of anilines is 2. The number of carbonyl (C=O) groups is 1. The highest BCUT2D eigenvalue weighted by atomic mass is 32.1. The molecule has 0 aromatic carbocycles. The topological polar surface area (TPSA) is 71.0 Å². The van der Waals surface area contributed by atoms with E-state index in [2.05, 4.69) is 19.7 Å². The maximum Gasteiger partial charge on any atom is 0.245 e. The molecular formula is C14H17N5OS. The summed E-state index contributed by atoms with van der Waals surface area (Å²) < 4.78 is 4.35. The number of aromatic nitrogens is 3. The third kappa shape index (κ3) is 3.55. The first kappa shape index (κ1) is 13.9. The van der Waals surface area contributed by atoms with Crippen molar-refractivity contribution >= 4 is 28.4 Å². The van der Waals surface area contributed by atoms with Crippen molar-refractivity contribution in [2.24, 2.45) is 0 Å². The highest BCUT2D eigenvalue weighted by molar-refractivity contribution is 7.09. The minimum absolute atomic E-state index is 0.112. The number of rotatable bonds is 5. The molecule has 110 valence electrons. The van der Waals surface area contributed by atoms with Crippen molar-refractivity contribution in [3.63, 3.8) is 0 Å². The van der Waals surface area contributed by atoms with Gasteiger partial charge in [0.2, 0.25) is 11.0 Å². The number of likely N-dealkylation sites (N-methyl/N-ethyl adjacent to an activating group) is 1.